The molecule has 0 saturated heterocycles. The van der Waals surface area contributed by atoms with Gasteiger partial charge < -0.3 is 0 Å². The summed E-state index contributed by atoms with van der Waals surface area (Å²) >= 11 is 16.0. The summed E-state index contributed by atoms with van der Waals surface area (Å²) in [7, 11) is 0. The molecule has 1 aliphatic carbocycles. The quantitative estimate of drug-likeness (QED) is 0.625. The first kappa shape index (κ1) is 8.38. The van der Waals surface area contributed by atoms with E-state index in [1.165, 1.54) is 6.08 Å². The van der Waals surface area contributed by atoms with Crippen molar-refractivity contribution in [1.82, 2.24) is 0 Å². The Labute approximate surface area is 73.9 Å². The molecule has 0 aromatic rings. The van der Waals surface area contributed by atoms with Gasteiger partial charge in [-0.2, -0.15) is 0 Å². The molecule has 1 saturated carbocycles. The number of hydrogen-bond donors (Lipinski definition) is 0. The van der Waals surface area contributed by atoms with Gasteiger partial charge in [-0.1, -0.05) is 23.2 Å². The number of carbonyl (C=O) groups excluding carboxylic acids is 1. The molecular formula is C6H5Cl3O. The molecule has 1 rings (SSSR count). The Bertz CT molecular complexity index is 189. The Balaban J connectivity index is 2.71. The van der Waals surface area contributed by atoms with E-state index >= 15 is 0 Å². The van der Waals surface area contributed by atoms with Crippen molar-refractivity contribution in [2.45, 2.75) is 12.8 Å². The van der Waals surface area contributed by atoms with E-state index in [-0.39, 0.29) is 9.73 Å². The molecular weight excluding hydrogens is 194 g/mol. The first-order valence-corrected chi connectivity index (χ1v) is 3.94. The molecule has 0 aliphatic heterocycles. The third kappa shape index (κ3) is 1.66. The fourth-order valence-corrected chi connectivity index (χ4v) is 1.40. The van der Waals surface area contributed by atoms with E-state index in [9.17, 15) is 4.79 Å². The van der Waals surface area contributed by atoms with Crippen LogP contribution in [0.1, 0.15) is 12.8 Å². The highest BCUT2D eigenvalue weighted by Crippen LogP contribution is 2.50. The lowest BCUT2D eigenvalue weighted by Gasteiger charge is -1.99. The molecule has 1 aliphatic rings. The van der Waals surface area contributed by atoms with E-state index in [1.807, 2.05) is 0 Å². The van der Waals surface area contributed by atoms with E-state index in [1.54, 1.807) is 0 Å². The van der Waals surface area contributed by atoms with Crippen LogP contribution >= 0.6 is 34.8 Å². The van der Waals surface area contributed by atoms with Gasteiger partial charge in [0.15, 0.2) is 0 Å². The van der Waals surface area contributed by atoms with Crippen molar-refractivity contribution in [2.75, 3.05) is 0 Å². The Morgan fingerprint density at radius 2 is 1.80 bits per heavy atom. The highest BCUT2D eigenvalue weighted by atomic mass is 35.5. The summed E-state index contributed by atoms with van der Waals surface area (Å²) in [5, 5.41) is -0.369. The molecule has 0 aromatic carbocycles. The summed E-state index contributed by atoms with van der Waals surface area (Å²) in [6.45, 7) is 0. The number of carbonyl (C=O) groups is 1. The van der Waals surface area contributed by atoms with E-state index in [0.717, 1.165) is 12.8 Å². The largest absolute Gasteiger partial charge is 0.280 e. The van der Waals surface area contributed by atoms with Crippen molar-refractivity contribution in [3.8, 4) is 0 Å². The second kappa shape index (κ2) is 2.72. The topological polar surface area (TPSA) is 17.1 Å². The third-order valence-corrected chi connectivity index (χ3v) is 2.16. The molecule has 0 unspecified atom stereocenters. The summed E-state index contributed by atoms with van der Waals surface area (Å²) in [4.78, 5) is 10.7. The Kier molecular flexibility index (Phi) is 2.28. The smallest absolute Gasteiger partial charge is 0.231 e. The van der Waals surface area contributed by atoms with Gasteiger partial charge in [-0.15, -0.1) is 0 Å². The van der Waals surface area contributed by atoms with Crippen LogP contribution in [-0.2, 0) is 4.79 Å². The molecule has 0 N–H and O–H groups in total. The normalized spacial score (nSPS) is 19.9. The molecule has 0 spiro atoms. The van der Waals surface area contributed by atoms with E-state index in [2.05, 4.69) is 0 Å². The molecule has 0 atom stereocenters. The molecule has 1 nitrogen and oxygen atoms in total. The summed E-state index contributed by atoms with van der Waals surface area (Å²) in [6.07, 6.45) is 3.03. The predicted octanol–water partition coefficient (Wildman–Crippen LogP) is 2.85. The van der Waals surface area contributed by atoms with Gasteiger partial charge in [-0.25, -0.2) is 0 Å². The zero-order chi connectivity index (χ0) is 7.78. The Morgan fingerprint density at radius 1 is 1.30 bits per heavy atom. The fraction of sp³-hybridized carbons (Fsp3) is 0.500. The molecule has 0 aromatic heterocycles. The SMILES string of the molecule is O=C(Cl)C1(C=C(Cl)Cl)CC1. The van der Waals surface area contributed by atoms with Gasteiger partial charge in [0.05, 0.1) is 5.41 Å². The minimum Gasteiger partial charge on any atom is -0.280 e. The Hall–Kier alpha value is 0.280. The Morgan fingerprint density at radius 3 is 1.90 bits per heavy atom. The molecule has 0 bridgehead atoms. The molecule has 0 heterocycles. The lowest BCUT2D eigenvalue weighted by molar-refractivity contribution is -0.114. The summed E-state index contributed by atoms with van der Waals surface area (Å²) in [5.74, 6) is 0. The zero-order valence-electron chi connectivity index (χ0n) is 5.03. The predicted molar refractivity (Wildman–Crippen MR) is 42.3 cm³/mol. The van der Waals surface area contributed by atoms with Crippen LogP contribution in [0.25, 0.3) is 0 Å². The lowest BCUT2D eigenvalue weighted by atomic mass is 10.1. The fourth-order valence-electron chi connectivity index (χ4n) is 0.741. The van der Waals surface area contributed by atoms with E-state index in [0.29, 0.717) is 0 Å². The van der Waals surface area contributed by atoms with Gasteiger partial charge >= 0.3 is 0 Å². The zero-order valence-corrected chi connectivity index (χ0v) is 7.30. The monoisotopic (exact) mass is 198 g/mol. The van der Waals surface area contributed by atoms with Crippen molar-refractivity contribution >= 4 is 40.0 Å². The van der Waals surface area contributed by atoms with Crippen LogP contribution < -0.4 is 0 Å². The highest BCUT2D eigenvalue weighted by molar-refractivity contribution is 6.65. The summed E-state index contributed by atoms with van der Waals surface area (Å²) < 4.78 is 0.117. The minimum atomic E-state index is -0.527. The average molecular weight is 199 g/mol. The number of halogens is 3. The van der Waals surface area contributed by atoms with Gasteiger partial charge in [0.2, 0.25) is 5.24 Å². The van der Waals surface area contributed by atoms with E-state index in [4.69, 9.17) is 34.8 Å². The standard InChI is InChI=1S/C6H5Cl3O/c7-4(8)3-6(1-2-6)5(9)10/h3H,1-2H2. The number of allylic oxidation sites excluding steroid dienone is 1. The van der Waals surface area contributed by atoms with Gasteiger partial charge in [0, 0.05) is 0 Å². The molecule has 10 heavy (non-hydrogen) atoms. The van der Waals surface area contributed by atoms with Crippen molar-refractivity contribution in [2.24, 2.45) is 5.41 Å². The van der Waals surface area contributed by atoms with Crippen molar-refractivity contribution in [3.05, 3.63) is 10.6 Å². The second-order valence-electron chi connectivity index (χ2n) is 2.36. The van der Waals surface area contributed by atoms with Crippen molar-refractivity contribution in [3.63, 3.8) is 0 Å². The van der Waals surface area contributed by atoms with Crippen molar-refractivity contribution in [1.29, 1.82) is 0 Å². The van der Waals surface area contributed by atoms with Crippen LogP contribution in [-0.4, -0.2) is 5.24 Å². The number of rotatable bonds is 2. The average Bonchev–Trinajstić information content (AvgIpc) is 2.46. The lowest BCUT2D eigenvalue weighted by Crippen LogP contribution is -2.04. The van der Waals surface area contributed by atoms with Crippen LogP contribution in [0.4, 0.5) is 0 Å². The maximum atomic E-state index is 10.7. The van der Waals surface area contributed by atoms with Crippen molar-refractivity contribution < 1.29 is 4.79 Å². The van der Waals surface area contributed by atoms with Gasteiger partial charge in [-0.3, -0.25) is 4.79 Å². The summed E-state index contributed by atoms with van der Waals surface area (Å²) in [5.41, 5.74) is -0.527. The van der Waals surface area contributed by atoms with Gasteiger partial charge in [0.25, 0.3) is 0 Å². The second-order valence-corrected chi connectivity index (χ2v) is 3.71. The molecule has 0 radical (unpaired) electrons. The molecule has 1 fully saturated rings. The van der Waals surface area contributed by atoms with Crippen LogP contribution in [0.3, 0.4) is 0 Å². The number of hydrogen-bond acceptors (Lipinski definition) is 1. The van der Waals surface area contributed by atoms with Gasteiger partial charge in [-0.05, 0) is 30.5 Å². The molecule has 0 amide bonds. The van der Waals surface area contributed by atoms with Crippen LogP contribution in [0.15, 0.2) is 10.6 Å². The molecule has 4 heteroatoms. The maximum absolute atomic E-state index is 10.7. The summed E-state index contributed by atoms with van der Waals surface area (Å²) in [6, 6.07) is 0. The first-order chi connectivity index (χ1) is 4.57. The first-order valence-electron chi connectivity index (χ1n) is 2.81. The highest BCUT2D eigenvalue weighted by Gasteiger charge is 2.47. The minimum absolute atomic E-state index is 0.117. The van der Waals surface area contributed by atoms with Crippen LogP contribution in [0.5, 0.6) is 0 Å². The maximum Gasteiger partial charge on any atom is 0.231 e. The molecule has 56 valence electrons. The van der Waals surface area contributed by atoms with Crippen LogP contribution in [0, 0.1) is 5.41 Å². The third-order valence-electron chi connectivity index (χ3n) is 1.57. The van der Waals surface area contributed by atoms with Gasteiger partial charge in [0.1, 0.15) is 4.49 Å². The van der Waals surface area contributed by atoms with Crippen LogP contribution in [0.2, 0.25) is 0 Å². The van der Waals surface area contributed by atoms with E-state index < -0.39 is 5.41 Å².